The van der Waals surface area contributed by atoms with Crippen molar-refractivity contribution in [1.29, 1.82) is 0 Å². The predicted molar refractivity (Wildman–Crippen MR) is 86.8 cm³/mol. The van der Waals surface area contributed by atoms with E-state index in [-0.39, 0.29) is 0 Å². The summed E-state index contributed by atoms with van der Waals surface area (Å²) in [5.74, 6) is 0. The van der Waals surface area contributed by atoms with E-state index in [1.165, 1.54) is 16.3 Å². The Hall–Kier alpha value is -1.34. The third kappa shape index (κ3) is 1.88. The fraction of sp³-hybridized carbons (Fsp3) is 0.474. The van der Waals surface area contributed by atoms with Gasteiger partial charge >= 0.3 is 0 Å². The molecule has 1 unspecified atom stereocenters. The van der Waals surface area contributed by atoms with Crippen molar-refractivity contribution in [1.82, 2.24) is 5.32 Å². The third-order valence-electron chi connectivity index (χ3n) is 5.73. The van der Waals surface area contributed by atoms with Crippen LogP contribution in [0, 0.1) is 10.8 Å². The minimum atomic E-state index is 0.381. The van der Waals surface area contributed by atoms with Crippen LogP contribution in [-0.2, 0) is 0 Å². The molecule has 1 nitrogen and oxygen atoms in total. The van der Waals surface area contributed by atoms with Gasteiger partial charge < -0.3 is 5.32 Å². The summed E-state index contributed by atoms with van der Waals surface area (Å²) in [6, 6.07) is 16.2. The quantitative estimate of drug-likeness (QED) is 0.832. The minimum Gasteiger partial charge on any atom is -0.306 e. The van der Waals surface area contributed by atoms with Gasteiger partial charge in [-0.15, -0.1) is 0 Å². The highest BCUT2D eigenvalue weighted by molar-refractivity contribution is 5.86. The molecule has 3 rings (SSSR count). The Bertz CT molecular complexity index is 620. The molecule has 0 bridgehead atoms. The van der Waals surface area contributed by atoms with Crippen LogP contribution in [0.5, 0.6) is 0 Å². The molecule has 0 radical (unpaired) electrons. The number of hydrogen-bond acceptors (Lipinski definition) is 1. The molecule has 0 saturated heterocycles. The van der Waals surface area contributed by atoms with Crippen LogP contribution in [0.3, 0.4) is 0 Å². The monoisotopic (exact) mass is 267 g/mol. The van der Waals surface area contributed by atoms with Gasteiger partial charge in [0.15, 0.2) is 0 Å². The van der Waals surface area contributed by atoms with Crippen molar-refractivity contribution in [2.75, 3.05) is 0 Å². The highest BCUT2D eigenvalue weighted by Gasteiger charge is 2.64. The first kappa shape index (κ1) is 13.6. The van der Waals surface area contributed by atoms with Crippen molar-refractivity contribution in [2.24, 2.45) is 10.8 Å². The maximum Gasteiger partial charge on any atom is 0.0300 e. The molecule has 1 aliphatic rings. The zero-order valence-corrected chi connectivity index (χ0v) is 13.2. The fourth-order valence-corrected chi connectivity index (χ4v) is 3.58. The van der Waals surface area contributed by atoms with Crippen molar-refractivity contribution in [3.05, 3.63) is 48.0 Å². The van der Waals surface area contributed by atoms with Crippen LogP contribution in [-0.4, -0.2) is 6.04 Å². The molecular weight excluding hydrogens is 242 g/mol. The average molecular weight is 267 g/mol. The summed E-state index contributed by atoms with van der Waals surface area (Å²) in [6.07, 6.45) is 0. The largest absolute Gasteiger partial charge is 0.306 e. The molecule has 0 spiro atoms. The first-order valence-electron chi connectivity index (χ1n) is 7.59. The van der Waals surface area contributed by atoms with Crippen molar-refractivity contribution >= 4 is 10.8 Å². The first-order chi connectivity index (χ1) is 9.35. The normalized spacial score (nSPS) is 21.9. The maximum atomic E-state index is 3.84. The van der Waals surface area contributed by atoms with Gasteiger partial charge in [-0.3, -0.25) is 0 Å². The Labute approximate surface area is 122 Å². The van der Waals surface area contributed by atoms with E-state index in [1.54, 1.807) is 0 Å². The van der Waals surface area contributed by atoms with E-state index < -0.39 is 0 Å². The van der Waals surface area contributed by atoms with Gasteiger partial charge in [0.2, 0.25) is 0 Å². The van der Waals surface area contributed by atoms with E-state index in [2.05, 4.69) is 82.4 Å². The molecule has 2 aromatic carbocycles. The Morgan fingerprint density at radius 2 is 1.50 bits per heavy atom. The summed E-state index contributed by atoms with van der Waals surface area (Å²) in [7, 11) is 0. The van der Waals surface area contributed by atoms with E-state index >= 15 is 0 Å². The molecule has 1 heteroatoms. The molecule has 106 valence electrons. The van der Waals surface area contributed by atoms with Crippen LogP contribution in [0.1, 0.15) is 46.2 Å². The Kier molecular flexibility index (Phi) is 2.95. The highest BCUT2D eigenvalue weighted by atomic mass is 15.1. The SMILES string of the molecule is CC(NC1C(C)(C)C1(C)C)c1cccc2ccccc12. The lowest BCUT2D eigenvalue weighted by atomic mass is 9.99. The second kappa shape index (κ2) is 4.33. The molecule has 2 aromatic rings. The molecule has 1 atom stereocenters. The van der Waals surface area contributed by atoms with Crippen molar-refractivity contribution < 1.29 is 0 Å². The lowest BCUT2D eigenvalue weighted by Gasteiger charge is -2.18. The second-order valence-corrected chi connectivity index (χ2v) is 7.33. The molecule has 0 aromatic heterocycles. The smallest absolute Gasteiger partial charge is 0.0300 e. The van der Waals surface area contributed by atoms with Crippen molar-refractivity contribution in [3.8, 4) is 0 Å². The molecule has 1 aliphatic carbocycles. The number of hydrogen-bond donors (Lipinski definition) is 1. The Morgan fingerprint density at radius 3 is 2.15 bits per heavy atom. The summed E-state index contributed by atoms with van der Waals surface area (Å²) in [5, 5.41) is 6.54. The molecular formula is C19H25N. The lowest BCUT2D eigenvalue weighted by molar-refractivity contribution is 0.457. The molecule has 1 saturated carbocycles. The minimum absolute atomic E-state index is 0.381. The first-order valence-corrected chi connectivity index (χ1v) is 7.59. The number of benzene rings is 2. The van der Waals surface area contributed by atoms with Crippen LogP contribution in [0.15, 0.2) is 42.5 Å². The topological polar surface area (TPSA) is 12.0 Å². The van der Waals surface area contributed by atoms with Crippen LogP contribution in [0.2, 0.25) is 0 Å². The zero-order chi connectivity index (χ0) is 14.5. The fourth-order valence-electron chi connectivity index (χ4n) is 3.58. The van der Waals surface area contributed by atoms with Crippen molar-refractivity contribution in [2.45, 2.75) is 46.7 Å². The van der Waals surface area contributed by atoms with E-state index in [1.807, 2.05) is 0 Å². The van der Waals surface area contributed by atoms with Crippen LogP contribution >= 0.6 is 0 Å². The third-order valence-corrected chi connectivity index (χ3v) is 5.73. The Morgan fingerprint density at radius 1 is 0.900 bits per heavy atom. The molecule has 20 heavy (non-hydrogen) atoms. The molecule has 0 amide bonds. The van der Waals surface area contributed by atoms with Crippen LogP contribution in [0.25, 0.3) is 10.8 Å². The molecule has 1 fully saturated rings. The van der Waals surface area contributed by atoms with E-state index in [9.17, 15) is 0 Å². The Balaban J connectivity index is 1.89. The van der Waals surface area contributed by atoms with Gasteiger partial charge in [0.1, 0.15) is 0 Å². The predicted octanol–water partition coefficient (Wildman–Crippen LogP) is 4.93. The summed E-state index contributed by atoms with van der Waals surface area (Å²) < 4.78 is 0. The summed E-state index contributed by atoms with van der Waals surface area (Å²) in [5.41, 5.74) is 2.17. The van der Waals surface area contributed by atoms with Gasteiger partial charge in [0, 0.05) is 12.1 Å². The average Bonchev–Trinajstić information content (AvgIpc) is 2.80. The summed E-state index contributed by atoms with van der Waals surface area (Å²) in [4.78, 5) is 0. The van der Waals surface area contributed by atoms with Gasteiger partial charge in [0.25, 0.3) is 0 Å². The van der Waals surface area contributed by atoms with E-state index in [4.69, 9.17) is 0 Å². The second-order valence-electron chi connectivity index (χ2n) is 7.33. The molecule has 0 aliphatic heterocycles. The van der Waals surface area contributed by atoms with Gasteiger partial charge in [-0.05, 0) is 34.1 Å². The van der Waals surface area contributed by atoms with E-state index in [0.29, 0.717) is 22.9 Å². The standard InChI is InChI=1S/C19H25N/c1-13(20-17-18(2,3)19(17,4)5)15-12-8-10-14-9-6-7-11-16(14)15/h6-13,17,20H,1-5H3. The summed E-state index contributed by atoms with van der Waals surface area (Å²) >= 11 is 0. The van der Waals surface area contributed by atoms with Crippen molar-refractivity contribution in [3.63, 3.8) is 0 Å². The van der Waals surface area contributed by atoms with Crippen LogP contribution in [0.4, 0.5) is 0 Å². The van der Waals surface area contributed by atoms with E-state index in [0.717, 1.165) is 0 Å². The number of fused-ring (bicyclic) bond motifs is 1. The summed E-state index contributed by atoms with van der Waals surface area (Å²) in [6.45, 7) is 11.7. The van der Waals surface area contributed by atoms with Gasteiger partial charge in [0.05, 0.1) is 0 Å². The van der Waals surface area contributed by atoms with Gasteiger partial charge in [-0.1, -0.05) is 70.2 Å². The zero-order valence-electron chi connectivity index (χ0n) is 13.2. The number of rotatable bonds is 3. The number of nitrogens with one attached hydrogen (secondary N) is 1. The molecule has 0 heterocycles. The highest BCUT2D eigenvalue weighted by Crippen LogP contribution is 2.63. The maximum absolute atomic E-state index is 3.84. The van der Waals surface area contributed by atoms with Crippen LogP contribution < -0.4 is 5.32 Å². The lowest BCUT2D eigenvalue weighted by Crippen LogP contribution is -2.25. The van der Waals surface area contributed by atoms with Gasteiger partial charge in [-0.2, -0.15) is 0 Å². The van der Waals surface area contributed by atoms with Gasteiger partial charge in [-0.25, -0.2) is 0 Å². The molecule has 1 N–H and O–H groups in total.